The lowest BCUT2D eigenvalue weighted by molar-refractivity contribution is -0.176. The average Bonchev–Trinajstić information content (AvgIpc) is 2.38. The SMILES string of the molecule is OCc1cc(N2CCCC(C(F)(F)F)C2)ncc1Cl. The van der Waals surface area contributed by atoms with Gasteiger partial charge in [-0.25, -0.2) is 4.98 Å². The first-order chi connectivity index (χ1) is 8.91. The smallest absolute Gasteiger partial charge is 0.392 e. The summed E-state index contributed by atoms with van der Waals surface area (Å²) in [6.45, 7) is 0.181. The van der Waals surface area contributed by atoms with Gasteiger partial charge >= 0.3 is 6.18 Å². The Morgan fingerprint density at radius 3 is 2.84 bits per heavy atom. The summed E-state index contributed by atoms with van der Waals surface area (Å²) in [6, 6.07) is 1.54. The van der Waals surface area contributed by atoms with E-state index in [4.69, 9.17) is 16.7 Å². The van der Waals surface area contributed by atoms with E-state index in [9.17, 15) is 13.2 Å². The summed E-state index contributed by atoms with van der Waals surface area (Å²) in [5.74, 6) is -0.890. The first-order valence-electron chi connectivity index (χ1n) is 5.98. The van der Waals surface area contributed by atoms with Crippen LogP contribution in [0.25, 0.3) is 0 Å². The van der Waals surface area contributed by atoms with Crippen molar-refractivity contribution in [3.8, 4) is 0 Å². The Hall–Kier alpha value is -1.01. The van der Waals surface area contributed by atoms with Gasteiger partial charge in [0, 0.05) is 24.8 Å². The molecule has 1 saturated heterocycles. The lowest BCUT2D eigenvalue weighted by Gasteiger charge is -2.34. The first kappa shape index (κ1) is 14.4. The molecule has 0 bridgehead atoms. The minimum atomic E-state index is -4.18. The largest absolute Gasteiger partial charge is 0.393 e. The molecule has 0 aromatic carbocycles. The number of piperidine rings is 1. The van der Waals surface area contributed by atoms with Crippen LogP contribution < -0.4 is 4.90 Å². The van der Waals surface area contributed by atoms with Crippen LogP contribution in [0.3, 0.4) is 0 Å². The lowest BCUT2D eigenvalue weighted by atomic mass is 9.97. The van der Waals surface area contributed by atoms with E-state index in [-0.39, 0.29) is 19.6 Å². The molecule has 1 N–H and O–H groups in total. The quantitative estimate of drug-likeness (QED) is 0.911. The Labute approximate surface area is 114 Å². The summed E-state index contributed by atoms with van der Waals surface area (Å²) < 4.78 is 38.2. The molecule has 7 heteroatoms. The monoisotopic (exact) mass is 294 g/mol. The van der Waals surface area contributed by atoms with Gasteiger partial charge in [0.2, 0.25) is 0 Å². The zero-order valence-electron chi connectivity index (χ0n) is 10.1. The summed E-state index contributed by atoms with van der Waals surface area (Å²) in [4.78, 5) is 5.64. The molecule has 0 spiro atoms. The van der Waals surface area contributed by atoms with Crippen molar-refractivity contribution in [2.24, 2.45) is 5.92 Å². The van der Waals surface area contributed by atoms with Crippen LogP contribution in [0.15, 0.2) is 12.3 Å². The third-order valence-corrected chi connectivity index (χ3v) is 3.64. The normalized spacial score (nSPS) is 20.7. The molecule has 0 radical (unpaired) electrons. The predicted molar refractivity (Wildman–Crippen MR) is 66.2 cm³/mol. The highest BCUT2D eigenvalue weighted by molar-refractivity contribution is 6.31. The van der Waals surface area contributed by atoms with Gasteiger partial charge in [-0.2, -0.15) is 13.2 Å². The molecular weight excluding hydrogens is 281 g/mol. The molecule has 0 amide bonds. The molecule has 1 fully saturated rings. The maximum absolute atomic E-state index is 12.7. The van der Waals surface area contributed by atoms with Crippen molar-refractivity contribution in [1.29, 1.82) is 0 Å². The Morgan fingerprint density at radius 2 is 2.21 bits per heavy atom. The molecule has 1 aliphatic rings. The summed E-state index contributed by atoms with van der Waals surface area (Å²) >= 11 is 5.82. The fourth-order valence-electron chi connectivity index (χ4n) is 2.21. The molecule has 106 valence electrons. The van der Waals surface area contributed by atoms with Crippen molar-refractivity contribution in [1.82, 2.24) is 4.98 Å². The number of pyridine rings is 1. The zero-order chi connectivity index (χ0) is 14.0. The Balaban J connectivity index is 2.17. The highest BCUT2D eigenvalue weighted by Gasteiger charge is 2.42. The average molecular weight is 295 g/mol. The molecule has 1 aromatic heterocycles. The van der Waals surface area contributed by atoms with Gasteiger partial charge in [0.15, 0.2) is 0 Å². The number of aromatic nitrogens is 1. The molecule has 19 heavy (non-hydrogen) atoms. The topological polar surface area (TPSA) is 36.4 Å². The second kappa shape index (κ2) is 5.54. The summed E-state index contributed by atoms with van der Waals surface area (Å²) in [6.07, 6.45) is -2.19. The number of aliphatic hydroxyl groups excluding tert-OH is 1. The van der Waals surface area contributed by atoms with Crippen LogP contribution in [0.4, 0.5) is 19.0 Å². The van der Waals surface area contributed by atoms with E-state index < -0.39 is 12.1 Å². The number of halogens is 4. The number of alkyl halides is 3. The molecule has 0 saturated carbocycles. The van der Waals surface area contributed by atoms with Gasteiger partial charge in [-0.3, -0.25) is 0 Å². The van der Waals surface area contributed by atoms with E-state index in [0.29, 0.717) is 29.4 Å². The standard InChI is InChI=1S/C12H14ClF3N2O/c13-10-5-17-11(4-8(10)7-19)18-3-1-2-9(6-18)12(14,15)16/h4-5,9,19H,1-3,6-7H2. The van der Waals surface area contributed by atoms with Crippen molar-refractivity contribution < 1.29 is 18.3 Å². The van der Waals surface area contributed by atoms with E-state index in [2.05, 4.69) is 4.98 Å². The third-order valence-electron chi connectivity index (χ3n) is 3.30. The van der Waals surface area contributed by atoms with Crippen molar-refractivity contribution in [2.45, 2.75) is 25.6 Å². The molecule has 2 rings (SSSR count). The van der Waals surface area contributed by atoms with Gasteiger partial charge in [0.05, 0.1) is 17.5 Å². The fourth-order valence-corrected chi connectivity index (χ4v) is 2.38. The highest BCUT2D eigenvalue weighted by Crippen LogP contribution is 2.34. The van der Waals surface area contributed by atoms with E-state index in [1.54, 1.807) is 11.0 Å². The molecule has 1 aromatic rings. The van der Waals surface area contributed by atoms with Gasteiger partial charge in [-0.05, 0) is 18.9 Å². The highest BCUT2D eigenvalue weighted by atomic mass is 35.5. The van der Waals surface area contributed by atoms with Crippen LogP contribution in [0.1, 0.15) is 18.4 Å². The fraction of sp³-hybridized carbons (Fsp3) is 0.583. The van der Waals surface area contributed by atoms with Crippen molar-refractivity contribution in [3.05, 3.63) is 22.8 Å². The lowest BCUT2D eigenvalue weighted by Crippen LogP contribution is -2.42. The molecule has 3 nitrogen and oxygen atoms in total. The minimum Gasteiger partial charge on any atom is -0.392 e. The van der Waals surface area contributed by atoms with Gasteiger partial charge in [0.25, 0.3) is 0 Å². The Morgan fingerprint density at radius 1 is 1.47 bits per heavy atom. The maximum Gasteiger partial charge on any atom is 0.393 e. The third kappa shape index (κ3) is 3.30. The molecule has 1 unspecified atom stereocenters. The minimum absolute atomic E-state index is 0.0942. The van der Waals surface area contributed by atoms with Gasteiger partial charge in [-0.1, -0.05) is 11.6 Å². The second-order valence-electron chi connectivity index (χ2n) is 4.62. The van der Waals surface area contributed by atoms with Crippen LogP contribution in [0.5, 0.6) is 0 Å². The predicted octanol–water partition coefficient (Wildman–Crippen LogP) is 3.01. The van der Waals surface area contributed by atoms with Crippen LogP contribution in [0.2, 0.25) is 5.02 Å². The van der Waals surface area contributed by atoms with Crippen LogP contribution in [-0.2, 0) is 6.61 Å². The van der Waals surface area contributed by atoms with Crippen molar-refractivity contribution in [3.63, 3.8) is 0 Å². The summed E-state index contributed by atoms with van der Waals surface area (Å²) in [7, 11) is 0. The van der Waals surface area contributed by atoms with E-state index in [1.165, 1.54) is 6.20 Å². The Kier molecular flexibility index (Phi) is 4.20. The van der Waals surface area contributed by atoms with Crippen LogP contribution in [0, 0.1) is 5.92 Å². The number of nitrogens with zero attached hydrogens (tertiary/aromatic N) is 2. The van der Waals surface area contributed by atoms with E-state index >= 15 is 0 Å². The summed E-state index contributed by atoms with van der Waals surface area (Å²) in [5, 5.41) is 9.43. The molecule has 1 atom stereocenters. The van der Waals surface area contributed by atoms with E-state index in [1.807, 2.05) is 0 Å². The molecular formula is C12H14ClF3N2O. The maximum atomic E-state index is 12.7. The van der Waals surface area contributed by atoms with Gasteiger partial charge in [0.1, 0.15) is 5.82 Å². The number of anilines is 1. The number of aliphatic hydroxyl groups is 1. The number of hydrogen-bond donors (Lipinski definition) is 1. The number of rotatable bonds is 2. The van der Waals surface area contributed by atoms with Crippen molar-refractivity contribution in [2.75, 3.05) is 18.0 Å². The van der Waals surface area contributed by atoms with Gasteiger partial charge < -0.3 is 10.0 Å². The van der Waals surface area contributed by atoms with Crippen LogP contribution >= 0.6 is 11.6 Å². The molecule has 0 aliphatic carbocycles. The zero-order valence-corrected chi connectivity index (χ0v) is 10.9. The Bertz CT molecular complexity index is 453. The number of hydrogen-bond acceptors (Lipinski definition) is 3. The first-order valence-corrected chi connectivity index (χ1v) is 6.36. The van der Waals surface area contributed by atoms with Crippen molar-refractivity contribution >= 4 is 17.4 Å². The van der Waals surface area contributed by atoms with E-state index in [0.717, 1.165) is 0 Å². The molecule has 1 aliphatic heterocycles. The van der Waals surface area contributed by atoms with Crippen LogP contribution in [-0.4, -0.2) is 29.4 Å². The summed E-state index contributed by atoms with van der Waals surface area (Å²) in [5.41, 5.74) is 0.473. The second-order valence-corrected chi connectivity index (χ2v) is 5.03. The van der Waals surface area contributed by atoms with Gasteiger partial charge in [-0.15, -0.1) is 0 Å². The molecule has 2 heterocycles.